The minimum atomic E-state index is -3.92. The van der Waals surface area contributed by atoms with E-state index in [2.05, 4.69) is 4.98 Å². The topological polar surface area (TPSA) is 123 Å². The van der Waals surface area contributed by atoms with Crippen molar-refractivity contribution >= 4 is 20.0 Å². The number of ether oxygens (including phenoxy) is 1. The number of benzene rings is 1. The van der Waals surface area contributed by atoms with Crippen LogP contribution in [0.1, 0.15) is 23.5 Å². The molecule has 9 nitrogen and oxygen atoms in total. The van der Waals surface area contributed by atoms with Gasteiger partial charge in [-0.3, -0.25) is 0 Å². The first kappa shape index (κ1) is 24.2. The van der Waals surface area contributed by atoms with Crippen molar-refractivity contribution in [3.05, 3.63) is 59.5 Å². The Labute approximate surface area is 193 Å². The lowest BCUT2D eigenvalue weighted by atomic mass is 9.97. The quantitative estimate of drug-likeness (QED) is 0.601. The van der Waals surface area contributed by atoms with E-state index in [4.69, 9.17) is 10.5 Å². The first-order valence-electron chi connectivity index (χ1n) is 10.7. The highest BCUT2D eigenvalue weighted by molar-refractivity contribution is 7.91. The highest BCUT2D eigenvalue weighted by atomic mass is 32.2. The van der Waals surface area contributed by atoms with E-state index < -0.39 is 31.8 Å². The average Bonchev–Trinajstić information content (AvgIpc) is 3.24. The molecule has 2 N–H and O–H groups in total. The minimum Gasteiger partial charge on any atom is -0.379 e. The Morgan fingerprint density at radius 3 is 2.45 bits per heavy atom. The molecule has 0 bridgehead atoms. The Balaban J connectivity index is 1.65. The van der Waals surface area contributed by atoms with Gasteiger partial charge in [0.2, 0.25) is 0 Å². The molecule has 12 heteroatoms. The van der Waals surface area contributed by atoms with Gasteiger partial charge in [-0.25, -0.2) is 17.8 Å². The summed E-state index contributed by atoms with van der Waals surface area (Å²) in [6, 6.07) is 8.13. The molecule has 2 atom stereocenters. The normalized spacial score (nSPS) is 23.1. The van der Waals surface area contributed by atoms with Gasteiger partial charge in [0.15, 0.2) is 14.9 Å². The van der Waals surface area contributed by atoms with E-state index in [1.54, 1.807) is 18.2 Å². The molecule has 2 aliphatic heterocycles. The summed E-state index contributed by atoms with van der Waals surface area (Å²) in [5, 5.41) is -0.126. The van der Waals surface area contributed by atoms with E-state index in [9.17, 15) is 21.2 Å². The van der Waals surface area contributed by atoms with E-state index in [-0.39, 0.29) is 56.2 Å². The summed E-state index contributed by atoms with van der Waals surface area (Å²) in [6.45, 7) is 1.26. The molecule has 2 fully saturated rings. The van der Waals surface area contributed by atoms with E-state index in [1.807, 2.05) is 0 Å². The van der Waals surface area contributed by atoms with Crippen LogP contribution in [0, 0.1) is 5.82 Å². The Bertz CT molecular complexity index is 1190. The molecule has 0 unspecified atom stereocenters. The molecule has 1 aromatic heterocycles. The molecule has 0 aliphatic carbocycles. The van der Waals surface area contributed by atoms with Gasteiger partial charge in [-0.05, 0) is 47.7 Å². The number of hydrogen-bond acceptors (Lipinski definition) is 7. The fourth-order valence-corrected chi connectivity index (χ4v) is 7.76. The highest BCUT2D eigenvalue weighted by Crippen LogP contribution is 2.36. The monoisotopic (exact) mass is 498 g/mol. The molecule has 2 aliphatic rings. The number of hydrogen-bond donors (Lipinski definition) is 1. The van der Waals surface area contributed by atoms with Gasteiger partial charge in [0.1, 0.15) is 5.82 Å². The molecule has 0 spiro atoms. The first-order chi connectivity index (χ1) is 15.7. The van der Waals surface area contributed by atoms with Gasteiger partial charge in [-0.1, -0.05) is 12.1 Å². The van der Waals surface area contributed by atoms with Crippen LogP contribution in [0.4, 0.5) is 4.39 Å². The Morgan fingerprint density at radius 2 is 1.79 bits per heavy atom. The van der Waals surface area contributed by atoms with Crippen molar-refractivity contribution in [1.82, 2.24) is 13.6 Å². The zero-order chi connectivity index (χ0) is 23.6. The summed E-state index contributed by atoms with van der Waals surface area (Å²) in [4.78, 5) is 3.98. The van der Waals surface area contributed by atoms with Crippen molar-refractivity contribution in [3.8, 4) is 0 Å². The minimum absolute atomic E-state index is 0.113. The van der Waals surface area contributed by atoms with Gasteiger partial charge in [0.25, 0.3) is 10.2 Å². The van der Waals surface area contributed by atoms with Crippen molar-refractivity contribution in [3.63, 3.8) is 0 Å². The zero-order valence-electron chi connectivity index (χ0n) is 18.0. The summed E-state index contributed by atoms with van der Waals surface area (Å²) in [6.07, 6.45) is 1.68. The summed E-state index contributed by atoms with van der Waals surface area (Å²) in [7, 11) is -7.81. The molecular formula is C21H27FN4O5S2. The number of aromatic nitrogens is 1. The van der Waals surface area contributed by atoms with Gasteiger partial charge >= 0.3 is 0 Å². The molecule has 0 saturated carbocycles. The fraction of sp³-hybridized carbons (Fsp3) is 0.476. The highest BCUT2D eigenvalue weighted by Gasteiger charge is 2.45. The second-order valence-electron chi connectivity index (χ2n) is 8.21. The van der Waals surface area contributed by atoms with E-state index in [1.165, 1.54) is 33.0 Å². The maximum atomic E-state index is 13.5. The van der Waals surface area contributed by atoms with Crippen LogP contribution in [0.5, 0.6) is 0 Å². The Kier molecular flexibility index (Phi) is 7.12. The largest absolute Gasteiger partial charge is 0.379 e. The standard InChI is InChI=1S/C21H27FN4O5S2/c22-19-3-1-17(2-4-19)18-12-20(15-32(27,28)21-11-16(13-23)5-6-24-21)26(14-18)33(29,30)25-7-9-31-10-8-25/h1-6,11,18,20H,7-10,12-15,23H2/t18-,20-/m0/s1. The molecule has 1 aromatic carbocycles. The number of nitrogens with two attached hydrogens (primary N) is 1. The second-order valence-corrected chi connectivity index (χ2v) is 12.1. The second kappa shape index (κ2) is 9.72. The van der Waals surface area contributed by atoms with E-state index >= 15 is 0 Å². The zero-order valence-corrected chi connectivity index (χ0v) is 19.6. The predicted molar refractivity (Wildman–Crippen MR) is 120 cm³/mol. The van der Waals surface area contributed by atoms with Crippen LogP contribution in [0.25, 0.3) is 0 Å². The van der Waals surface area contributed by atoms with Crippen LogP contribution in [-0.2, 0) is 31.3 Å². The molecule has 4 rings (SSSR count). The molecule has 2 saturated heterocycles. The number of morpholine rings is 1. The molecule has 3 heterocycles. The number of sulfone groups is 1. The average molecular weight is 499 g/mol. The molecular weight excluding hydrogens is 471 g/mol. The van der Waals surface area contributed by atoms with Gasteiger partial charge in [0, 0.05) is 38.4 Å². The van der Waals surface area contributed by atoms with Crippen LogP contribution in [-0.4, -0.2) is 75.1 Å². The molecule has 180 valence electrons. The van der Waals surface area contributed by atoms with Crippen LogP contribution in [0.2, 0.25) is 0 Å². The third-order valence-electron chi connectivity index (χ3n) is 6.06. The summed E-state index contributed by atoms with van der Waals surface area (Å²) >= 11 is 0. The van der Waals surface area contributed by atoms with Crippen molar-refractivity contribution in [2.75, 3.05) is 38.6 Å². The maximum Gasteiger partial charge on any atom is 0.282 e. The van der Waals surface area contributed by atoms with Crippen molar-refractivity contribution in [2.45, 2.75) is 30.0 Å². The van der Waals surface area contributed by atoms with Crippen LogP contribution in [0.3, 0.4) is 0 Å². The van der Waals surface area contributed by atoms with Gasteiger partial charge < -0.3 is 10.5 Å². The lowest BCUT2D eigenvalue weighted by Gasteiger charge is -2.32. The SMILES string of the molecule is NCc1ccnc(S(=O)(=O)C[C@@H]2C[C@H](c3ccc(F)cc3)CN2S(=O)(=O)N2CCOCC2)c1. The van der Waals surface area contributed by atoms with Gasteiger partial charge in [0.05, 0.1) is 19.0 Å². The fourth-order valence-electron chi connectivity index (χ4n) is 4.31. The number of nitrogens with zero attached hydrogens (tertiary/aromatic N) is 3. The third-order valence-corrected chi connectivity index (χ3v) is 9.81. The Hall–Kier alpha value is -1.96. The van der Waals surface area contributed by atoms with Crippen molar-refractivity contribution < 1.29 is 26.0 Å². The smallest absolute Gasteiger partial charge is 0.282 e. The van der Waals surface area contributed by atoms with Crippen LogP contribution in [0.15, 0.2) is 47.6 Å². The lowest BCUT2D eigenvalue weighted by molar-refractivity contribution is 0.0700. The number of rotatable bonds is 7. The summed E-state index contributed by atoms with van der Waals surface area (Å²) in [5.41, 5.74) is 7.02. The Morgan fingerprint density at radius 1 is 1.09 bits per heavy atom. The molecule has 0 radical (unpaired) electrons. The third kappa shape index (κ3) is 5.26. The van der Waals surface area contributed by atoms with Gasteiger partial charge in [-0.2, -0.15) is 17.0 Å². The first-order valence-corrected chi connectivity index (χ1v) is 13.7. The predicted octanol–water partition coefficient (Wildman–Crippen LogP) is 0.888. The lowest BCUT2D eigenvalue weighted by Crippen LogP contribution is -2.51. The maximum absolute atomic E-state index is 13.5. The summed E-state index contributed by atoms with van der Waals surface area (Å²) < 4.78 is 74.6. The van der Waals surface area contributed by atoms with Crippen molar-refractivity contribution in [2.24, 2.45) is 5.73 Å². The van der Waals surface area contributed by atoms with Crippen molar-refractivity contribution in [1.29, 1.82) is 0 Å². The van der Waals surface area contributed by atoms with E-state index in [0.717, 1.165) is 5.56 Å². The van der Waals surface area contributed by atoms with Crippen LogP contribution < -0.4 is 5.73 Å². The number of halogens is 1. The number of pyridine rings is 1. The molecule has 33 heavy (non-hydrogen) atoms. The van der Waals surface area contributed by atoms with Gasteiger partial charge in [-0.15, -0.1) is 0 Å². The van der Waals surface area contributed by atoms with Crippen LogP contribution >= 0.6 is 0 Å². The molecule has 0 amide bonds. The molecule has 2 aromatic rings. The summed E-state index contributed by atoms with van der Waals surface area (Å²) in [5.74, 6) is -1.06. The van der Waals surface area contributed by atoms with E-state index in [0.29, 0.717) is 12.0 Å².